The summed E-state index contributed by atoms with van der Waals surface area (Å²) in [5.41, 5.74) is 0.726. The molecular formula is C18H17N3O2. The smallest absolute Gasteiger partial charge is 0.276 e. The highest BCUT2D eigenvalue weighted by Crippen LogP contribution is 2.19. The number of anilines is 1. The number of rotatable bonds is 4. The molecule has 1 heterocycles. The molecule has 0 bridgehead atoms. The van der Waals surface area contributed by atoms with Gasteiger partial charge in [-0.1, -0.05) is 37.3 Å². The van der Waals surface area contributed by atoms with Crippen molar-refractivity contribution in [2.24, 2.45) is 0 Å². The van der Waals surface area contributed by atoms with Gasteiger partial charge in [0, 0.05) is 18.3 Å². The Kier molecular flexibility index (Phi) is 4.19. The van der Waals surface area contributed by atoms with Gasteiger partial charge in [-0.3, -0.25) is 9.59 Å². The zero-order valence-corrected chi connectivity index (χ0v) is 12.8. The molecule has 0 fully saturated rings. The second-order valence-electron chi connectivity index (χ2n) is 5.30. The minimum atomic E-state index is -0.329. The van der Waals surface area contributed by atoms with Crippen molar-refractivity contribution in [2.45, 2.75) is 19.9 Å². The van der Waals surface area contributed by atoms with E-state index in [1.54, 1.807) is 0 Å². The molecule has 116 valence electrons. The third-order valence-electron chi connectivity index (χ3n) is 3.54. The van der Waals surface area contributed by atoms with Crippen LogP contribution in [-0.4, -0.2) is 15.7 Å². The van der Waals surface area contributed by atoms with E-state index in [9.17, 15) is 9.59 Å². The van der Waals surface area contributed by atoms with Gasteiger partial charge >= 0.3 is 0 Å². The van der Waals surface area contributed by atoms with Crippen LogP contribution in [0.2, 0.25) is 0 Å². The summed E-state index contributed by atoms with van der Waals surface area (Å²) in [7, 11) is 0. The SMILES string of the molecule is CCCn1nc(C(=O)Nc2ccc3ccccc3c2)ccc1=O. The summed E-state index contributed by atoms with van der Waals surface area (Å²) in [6, 6.07) is 16.5. The highest BCUT2D eigenvalue weighted by Gasteiger charge is 2.10. The summed E-state index contributed by atoms with van der Waals surface area (Å²) >= 11 is 0. The maximum atomic E-state index is 12.3. The average molecular weight is 307 g/mol. The fraction of sp³-hybridized carbons (Fsp3) is 0.167. The van der Waals surface area contributed by atoms with Crippen molar-refractivity contribution in [1.29, 1.82) is 0 Å². The molecule has 3 aromatic rings. The van der Waals surface area contributed by atoms with Gasteiger partial charge in [-0.15, -0.1) is 0 Å². The van der Waals surface area contributed by atoms with E-state index in [0.717, 1.165) is 17.2 Å². The number of aromatic nitrogens is 2. The number of carbonyl (C=O) groups is 1. The van der Waals surface area contributed by atoms with E-state index in [0.29, 0.717) is 12.2 Å². The molecular weight excluding hydrogens is 290 g/mol. The highest BCUT2D eigenvalue weighted by molar-refractivity contribution is 6.03. The van der Waals surface area contributed by atoms with Crippen molar-refractivity contribution in [1.82, 2.24) is 9.78 Å². The van der Waals surface area contributed by atoms with Gasteiger partial charge in [0.1, 0.15) is 5.69 Å². The van der Waals surface area contributed by atoms with Crippen molar-refractivity contribution in [2.75, 3.05) is 5.32 Å². The molecule has 23 heavy (non-hydrogen) atoms. The van der Waals surface area contributed by atoms with Crippen molar-refractivity contribution < 1.29 is 4.79 Å². The van der Waals surface area contributed by atoms with E-state index < -0.39 is 0 Å². The summed E-state index contributed by atoms with van der Waals surface area (Å²) in [5.74, 6) is -0.329. The molecule has 0 spiro atoms. The second-order valence-corrected chi connectivity index (χ2v) is 5.30. The fourth-order valence-electron chi connectivity index (χ4n) is 2.40. The maximum Gasteiger partial charge on any atom is 0.276 e. The number of fused-ring (bicyclic) bond motifs is 1. The van der Waals surface area contributed by atoms with Crippen molar-refractivity contribution in [3.8, 4) is 0 Å². The van der Waals surface area contributed by atoms with Crippen LogP contribution in [0.25, 0.3) is 10.8 Å². The largest absolute Gasteiger partial charge is 0.321 e. The first-order valence-electron chi connectivity index (χ1n) is 7.55. The molecule has 5 heteroatoms. The van der Waals surface area contributed by atoms with Crippen LogP contribution in [0.4, 0.5) is 5.69 Å². The number of nitrogens with zero attached hydrogens (tertiary/aromatic N) is 2. The second kappa shape index (κ2) is 6.44. The molecule has 0 aliphatic carbocycles. The first-order valence-corrected chi connectivity index (χ1v) is 7.55. The fourth-order valence-corrected chi connectivity index (χ4v) is 2.40. The Labute approximate surface area is 133 Å². The minimum Gasteiger partial charge on any atom is -0.321 e. The average Bonchev–Trinajstić information content (AvgIpc) is 2.57. The summed E-state index contributed by atoms with van der Waals surface area (Å²) in [4.78, 5) is 24.0. The van der Waals surface area contributed by atoms with Gasteiger partial charge in [0.15, 0.2) is 0 Å². The summed E-state index contributed by atoms with van der Waals surface area (Å²) in [5, 5.41) is 9.10. The normalized spacial score (nSPS) is 10.7. The zero-order valence-electron chi connectivity index (χ0n) is 12.8. The molecule has 0 atom stereocenters. The number of hydrogen-bond donors (Lipinski definition) is 1. The number of aryl methyl sites for hydroxylation is 1. The van der Waals surface area contributed by atoms with Crippen LogP contribution in [-0.2, 0) is 6.54 Å². The molecule has 0 aliphatic heterocycles. The third-order valence-corrected chi connectivity index (χ3v) is 3.54. The third kappa shape index (κ3) is 3.29. The Morgan fingerprint density at radius 1 is 1.09 bits per heavy atom. The first-order chi connectivity index (χ1) is 11.2. The standard InChI is InChI=1S/C18H17N3O2/c1-2-11-21-17(22)10-9-16(20-21)18(23)19-15-8-7-13-5-3-4-6-14(13)12-15/h3-10,12H,2,11H2,1H3,(H,19,23). The van der Waals surface area contributed by atoms with Crippen molar-refractivity contribution >= 4 is 22.4 Å². The molecule has 0 saturated heterocycles. The minimum absolute atomic E-state index is 0.200. The summed E-state index contributed by atoms with van der Waals surface area (Å²) in [6.45, 7) is 2.45. The van der Waals surface area contributed by atoms with Gasteiger partial charge in [-0.25, -0.2) is 4.68 Å². The Balaban J connectivity index is 1.85. The van der Waals surface area contributed by atoms with Crippen LogP contribution in [0, 0.1) is 0 Å². The van der Waals surface area contributed by atoms with E-state index in [4.69, 9.17) is 0 Å². The van der Waals surface area contributed by atoms with Gasteiger partial charge in [0.2, 0.25) is 0 Å². The highest BCUT2D eigenvalue weighted by atomic mass is 16.2. The van der Waals surface area contributed by atoms with Gasteiger partial charge in [-0.2, -0.15) is 5.10 Å². The number of benzene rings is 2. The Hall–Kier alpha value is -2.95. The predicted octanol–water partition coefficient (Wildman–Crippen LogP) is 3.06. The van der Waals surface area contributed by atoms with Crippen LogP contribution in [0.3, 0.4) is 0 Å². The number of nitrogens with one attached hydrogen (secondary N) is 1. The van der Waals surface area contributed by atoms with Gasteiger partial charge in [0.05, 0.1) is 0 Å². The lowest BCUT2D eigenvalue weighted by molar-refractivity contribution is 0.102. The lowest BCUT2D eigenvalue weighted by atomic mass is 10.1. The van der Waals surface area contributed by atoms with Crippen LogP contribution in [0.15, 0.2) is 59.4 Å². The molecule has 0 saturated carbocycles. The van der Waals surface area contributed by atoms with E-state index >= 15 is 0 Å². The molecule has 3 rings (SSSR count). The topological polar surface area (TPSA) is 64.0 Å². The quantitative estimate of drug-likeness (QED) is 0.805. The van der Waals surface area contributed by atoms with Crippen LogP contribution in [0.1, 0.15) is 23.8 Å². The lowest BCUT2D eigenvalue weighted by Crippen LogP contribution is -2.26. The monoisotopic (exact) mass is 307 g/mol. The predicted molar refractivity (Wildman–Crippen MR) is 90.7 cm³/mol. The molecule has 2 aromatic carbocycles. The Morgan fingerprint density at radius 3 is 2.65 bits per heavy atom. The zero-order chi connectivity index (χ0) is 16.2. The number of hydrogen-bond acceptors (Lipinski definition) is 3. The molecule has 0 unspecified atom stereocenters. The molecule has 5 nitrogen and oxygen atoms in total. The van der Waals surface area contributed by atoms with E-state index in [-0.39, 0.29) is 17.2 Å². The molecule has 1 N–H and O–H groups in total. The molecule has 0 radical (unpaired) electrons. The number of carbonyl (C=O) groups excluding carboxylic acids is 1. The maximum absolute atomic E-state index is 12.3. The lowest BCUT2D eigenvalue weighted by Gasteiger charge is -2.08. The van der Waals surface area contributed by atoms with Gasteiger partial charge in [-0.05, 0) is 35.4 Å². The van der Waals surface area contributed by atoms with Gasteiger partial charge in [0.25, 0.3) is 11.5 Å². The molecule has 1 amide bonds. The van der Waals surface area contributed by atoms with Crippen molar-refractivity contribution in [3.63, 3.8) is 0 Å². The van der Waals surface area contributed by atoms with Gasteiger partial charge < -0.3 is 5.32 Å². The Morgan fingerprint density at radius 2 is 1.87 bits per heavy atom. The summed E-state index contributed by atoms with van der Waals surface area (Å²) < 4.78 is 1.31. The van der Waals surface area contributed by atoms with Crippen LogP contribution < -0.4 is 10.9 Å². The number of amides is 1. The van der Waals surface area contributed by atoms with E-state index in [2.05, 4.69) is 10.4 Å². The van der Waals surface area contributed by atoms with Crippen molar-refractivity contribution in [3.05, 3.63) is 70.6 Å². The molecule has 1 aromatic heterocycles. The molecule has 0 aliphatic rings. The first kappa shape index (κ1) is 15.0. The van der Waals surface area contributed by atoms with Crippen LogP contribution >= 0.6 is 0 Å². The van der Waals surface area contributed by atoms with Crippen LogP contribution in [0.5, 0.6) is 0 Å². The van der Waals surface area contributed by atoms with E-state index in [1.165, 1.54) is 16.8 Å². The van der Waals surface area contributed by atoms with E-state index in [1.807, 2.05) is 49.4 Å². The Bertz CT molecular complexity index is 915. The summed E-state index contributed by atoms with van der Waals surface area (Å²) in [6.07, 6.45) is 0.780.